The molecule has 1 aromatic heterocycles. The van der Waals surface area contributed by atoms with Crippen molar-refractivity contribution in [1.29, 1.82) is 0 Å². The van der Waals surface area contributed by atoms with E-state index < -0.39 is 0 Å². The molecule has 0 bridgehead atoms. The molecule has 4 heteroatoms. The van der Waals surface area contributed by atoms with Crippen molar-refractivity contribution in [3.8, 4) is 5.88 Å². The molecule has 1 heterocycles. The van der Waals surface area contributed by atoms with Crippen LogP contribution in [0.5, 0.6) is 5.88 Å². The van der Waals surface area contributed by atoms with Crippen molar-refractivity contribution >= 4 is 11.5 Å². The van der Waals surface area contributed by atoms with Gasteiger partial charge in [0, 0.05) is 6.54 Å². The summed E-state index contributed by atoms with van der Waals surface area (Å²) in [5, 5.41) is 3.20. The van der Waals surface area contributed by atoms with Crippen molar-refractivity contribution in [1.82, 2.24) is 4.98 Å². The van der Waals surface area contributed by atoms with E-state index in [4.69, 9.17) is 10.5 Å². The highest BCUT2D eigenvalue weighted by molar-refractivity contribution is 5.53. The minimum Gasteiger partial charge on any atom is -0.479 e. The van der Waals surface area contributed by atoms with Gasteiger partial charge in [0.25, 0.3) is 0 Å². The third-order valence-electron chi connectivity index (χ3n) is 1.92. The number of nitrogens with two attached hydrogens (primary N) is 1. The second-order valence-corrected chi connectivity index (χ2v) is 3.08. The molecule has 0 saturated heterocycles. The first-order chi connectivity index (χ1) is 6.77. The van der Waals surface area contributed by atoms with E-state index in [-0.39, 0.29) is 0 Å². The summed E-state index contributed by atoms with van der Waals surface area (Å²) in [6.07, 6.45) is 2.30. The maximum atomic E-state index is 5.64. The smallest absolute Gasteiger partial charge is 0.238 e. The molecule has 0 saturated carbocycles. The van der Waals surface area contributed by atoms with Gasteiger partial charge in [0.05, 0.1) is 12.8 Å². The van der Waals surface area contributed by atoms with Crippen molar-refractivity contribution in [2.24, 2.45) is 0 Å². The van der Waals surface area contributed by atoms with Gasteiger partial charge < -0.3 is 15.8 Å². The fourth-order valence-corrected chi connectivity index (χ4v) is 1.11. The Balaban J connectivity index is 2.60. The molecular weight excluding hydrogens is 178 g/mol. The predicted molar refractivity (Wildman–Crippen MR) is 58.6 cm³/mol. The minimum atomic E-state index is 0.478. The van der Waals surface area contributed by atoms with Crippen LogP contribution in [0.25, 0.3) is 0 Å². The second kappa shape index (κ2) is 5.32. The Labute approximate surface area is 84.5 Å². The average molecular weight is 195 g/mol. The van der Waals surface area contributed by atoms with Crippen LogP contribution in [0.15, 0.2) is 12.1 Å². The second-order valence-electron chi connectivity index (χ2n) is 3.08. The van der Waals surface area contributed by atoms with E-state index in [1.807, 2.05) is 6.07 Å². The lowest BCUT2D eigenvalue weighted by Crippen LogP contribution is -2.04. The van der Waals surface area contributed by atoms with Crippen LogP contribution in [0.4, 0.5) is 11.5 Å². The molecule has 3 N–H and O–H groups in total. The van der Waals surface area contributed by atoms with Gasteiger partial charge in [0.15, 0.2) is 0 Å². The molecule has 78 valence electrons. The van der Waals surface area contributed by atoms with Crippen LogP contribution in [0.1, 0.15) is 19.8 Å². The number of pyridine rings is 1. The number of rotatable bonds is 5. The number of hydrogen-bond acceptors (Lipinski definition) is 4. The molecule has 0 amide bonds. The third kappa shape index (κ3) is 2.80. The fourth-order valence-electron chi connectivity index (χ4n) is 1.11. The zero-order valence-electron chi connectivity index (χ0n) is 8.71. The van der Waals surface area contributed by atoms with E-state index >= 15 is 0 Å². The van der Waals surface area contributed by atoms with Crippen LogP contribution >= 0.6 is 0 Å². The lowest BCUT2D eigenvalue weighted by atomic mass is 10.3. The average Bonchev–Trinajstić information content (AvgIpc) is 2.21. The number of unbranched alkanes of at least 4 members (excludes halogenated alkanes) is 1. The van der Waals surface area contributed by atoms with Gasteiger partial charge in [-0.3, -0.25) is 0 Å². The number of methoxy groups -OCH3 is 1. The van der Waals surface area contributed by atoms with Gasteiger partial charge in [-0.2, -0.15) is 4.98 Å². The van der Waals surface area contributed by atoms with Crippen LogP contribution in [-0.2, 0) is 0 Å². The molecule has 4 nitrogen and oxygen atoms in total. The van der Waals surface area contributed by atoms with E-state index in [2.05, 4.69) is 17.2 Å². The Morgan fingerprint density at radius 1 is 1.50 bits per heavy atom. The summed E-state index contributed by atoms with van der Waals surface area (Å²) in [5.41, 5.74) is 6.20. The van der Waals surface area contributed by atoms with Gasteiger partial charge in [0.2, 0.25) is 5.88 Å². The van der Waals surface area contributed by atoms with Crippen molar-refractivity contribution in [2.75, 3.05) is 24.7 Å². The molecule has 0 spiro atoms. The zero-order chi connectivity index (χ0) is 10.4. The molecule has 1 rings (SSSR count). The Bertz CT molecular complexity index is 289. The summed E-state index contributed by atoms with van der Waals surface area (Å²) >= 11 is 0. The van der Waals surface area contributed by atoms with E-state index in [9.17, 15) is 0 Å². The number of hydrogen-bond donors (Lipinski definition) is 2. The lowest BCUT2D eigenvalue weighted by molar-refractivity contribution is 0.401. The first-order valence-corrected chi connectivity index (χ1v) is 4.82. The summed E-state index contributed by atoms with van der Waals surface area (Å²) in [4.78, 5) is 4.20. The maximum Gasteiger partial charge on any atom is 0.238 e. The van der Waals surface area contributed by atoms with Crippen LogP contribution < -0.4 is 15.8 Å². The molecule has 0 atom stereocenters. The van der Waals surface area contributed by atoms with Crippen LogP contribution in [0, 0.1) is 0 Å². The number of nitrogen functional groups attached to an aromatic ring is 1. The standard InChI is InChI=1S/C10H17N3O/c1-3-4-7-12-9-6-5-8(11)10(13-9)14-2/h5-6H,3-4,7,11H2,1-2H3,(H,12,13). The largest absolute Gasteiger partial charge is 0.479 e. The topological polar surface area (TPSA) is 60.2 Å². The molecular formula is C10H17N3O. The van der Waals surface area contributed by atoms with Gasteiger partial charge >= 0.3 is 0 Å². The molecule has 0 aromatic carbocycles. The Kier molecular flexibility index (Phi) is 4.04. The molecule has 0 radical (unpaired) electrons. The zero-order valence-corrected chi connectivity index (χ0v) is 8.71. The monoisotopic (exact) mass is 195 g/mol. The van der Waals surface area contributed by atoms with Crippen LogP contribution in [0.3, 0.4) is 0 Å². The number of nitrogens with one attached hydrogen (secondary N) is 1. The predicted octanol–water partition coefficient (Wildman–Crippen LogP) is 1.88. The highest BCUT2D eigenvalue weighted by Gasteiger charge is 2.01. The number of nitrogens with zero attached hydrogens (tertiary/aromatic N) is 1. The van der Waals surface area contributed by atoms with Gasteiger partial charge in [0.1, 0.15) is 5.82 Å². The highest BCUT2D eigenvalue weighted by Crippen LogP contribution is 2.19. The summed E-state index contributed by atoms with van der Waals surface area (Å²) in [6, 6.07) is 3.65. The molecule has 0 unspecified atom stereocenters. The molecule has 0 aliphatic rings. The summed E-state index contributed by atoms with van der Waals surface area (Å²) in [6.45, 7) is 3.08. The maximum absolute atomic E-state index is 5.64. The Morgan fingerprint density at radius 2 is 2.29 bits per heavy atom. The van der Waals surface area contributed by atoms with Crippen LogP contribution in [-0.4, -0.2) is 18.6 Å². The summed E-state index contributed by atoms with van der Waals surface area (Å²) in [7, 11) is 1.56. The molecule has 14 heavy (non-hydrogen) atoms. The Morgan fingerprint density at radius 3 is 2.93 bits per heavy atom. The number of ether oxygens (including phenoxy) is 1. The van der Waals surface area contributed by atoms with Gasteiger partial charge in [-0.05, 0) is 18.6 Å². The normalized spacial score (nSPS) is 9.86. The Hall–Kier alpha value is -1.45. The first kappa shape index (κ1) is 10.6. The van der Waals surface area contributed by atoms with Crippen molar-refractivity contribution < 1.29 is 4.74 Å². The molecule has 1 aromatic rings. The van der Waals surface area contributed by atoms with Gasteiger partial charge in [-0.15, -0.1) is 0 Å². The van der Waals surface area contributed by atoms with Crippen LogP contribution in [0.2, 0.25) is 0 Å². The SMILES string of the molecule is CCCCNc1ccc(N)c(OC)n1. The molecule has 0 aliphatic heterocycles. The third-order valence-corrected chi connectivity index (χ3v) is 1.92. The number of anilines is 2. The van der Waals surface area contributed by atoms with E-state index in [0.29, 0.717) is 11.6 Å². The minimum absolute atomic E-state index is 0.478. The van der Waals surface area contributed by atoms with Gasteiger partial charge in [-0.1, -0.05) is 13.3 Å². The fraction of sp³-hybridized carbons (Fsp3) is 0.500. The number of aromatic nitrogens is 1. The quantitative estimate of drug-likeness (QED) is 0.704. The van der Waals surface area contributed by atoms with Crippen molar-refractivity contribution in [3.05, 3.63) is 12.1 Å². The first-order valence-electron chi connectivity index (χ1n) is 4.82. The van der Waals surface area contributed by atoms with E-state index in [0.717, 1.165) is 18.8 Å². The highest BCUT2D eigenvalue weighted by atomic mass is 16.5. The molecule has 0 aliphatic carbocycles. The molecule has 0 fully saturated rings. The van der Waals surface area contributed by atoms with E-state index in [1.165, 1.54) is 6.42 Å². The summed E-state index contributed by atoms with van der Waals surface area (Å²) < 4.78 is 5.02. The van der Waals surface area contributed by atoms with Crippen molar-refractivity contribution in [2.45, 2.75) is 19.8 Å². The lowest BCUT2D eigenvalue weighted by Gasteiger charge is -2.07. The summed E-state index contributed by atoms with van der Waals surface area (Å²) in [5.74, 6) is 1.29. The van der Waals surface area contributed by atoms with E-state index in [1.54, 1.807) is 13.2 Å². The van der Waals surface area contributed by atoms with Gasteiger partial charge in [-0.25, -0.2) is 0 Å². The van der Waals surface area contributed by atoms with Crippen molar-refractivity contribution in [3.63, 3.8) is 0 Å².